The van der Waals surface area contributed by atoms with Crippen LogP contribution < -0.4 is 23.8 Å². The fourth-order valence-corrected chi connectivity index (χ4v) is 22.7. The number of carbonyl (C=O) groups excluding carboxylic acids is 1. The van der Waals surface area contributed by atoms with E-state index in [-0.39, 0.29) is 39.4 Å². The van der Waals surface area contributed by atoms with Crippen LogP contribution in [0.4, 0.5) is 0 Å². The third kappa shape index (κ3) is 15.1. The number of halogens is 8. The van der Waals surface area contributed by atoms with Gasteiger partial charge in [0.15, 0.2) is 44.8 Å². The molecule has 0 unspecified atom stereocenters. The number of carbonyl (C=O) groups is 2. The van der Waals surface area contributed by atoms with Crippen LogP contribution in [-0.2, 0) is 54.4 Å². The number of carboxylic acid groups (broad SMARTS) is 1. The van der Waals surface area contributed by atoms with E-state index in [0.29, 0.717) is 82.7 Å². The standard InChI is InChI=1S/C28H20BrClN2O5S.C23H17BrClNO5.2C22H17BrClNO3.C5H5NOS/c29-18-11-9-17(10-12-18)28-23(16-6-2-1-3-7-16)22(26(34)37-32-13-5-4-8-21(32)38)25(33)27(28,35)24-20(36-28)14-19(30)15-31-24;24-14-8-6-13(7-9-14)23-18(12-4-2-1-3-5-12)17(21(28)29)20(27)22(23,30)19-16(31-23)10-15(25)11-26-19;2*23-15-8-6-14(7-9-15)22-17(13-4-2-1-3-5-13)11-19(26)21(22,27)20-18(28-22)10-16(24)12-25-20;7-6-4-2-1-3-5(6)8/h1-15,22-23,25,33,35H;1-11,17-18,20,27,30H,(H,28,29);2*1-10,12,17,19,26-27H,11H2;1-4,7H/t22-,23-,25-,27+,28+;17-,18-,20-,22+,23+;2*17-,19+,21+,22-;/m1100./s1. The molecular weight excluding hydrogens is 2080 g/mol. The first kappa shape index (κ1) is 93.2. The minimum Gasteiger partial charge on any atom is -0.481 e. The molecule has 10 N–H and O–H groups in total. The summed E-state index contributed by atoms with van der Waals surface area (Å²) in [7, 11) is 0. The summed E-state index contributed by atoms with van der Waals surface area (Å²) in [5, 5.41) is 114. The Morgan fingerprint density at radius 1 is 0.376 bits per heavy atom. The summed E-state index contributed by atoms with van der Waals surface area (Å²) in [6.07, 6.45) is 3.91. The van der Waals surface area contributed by atoms with Gasteiger partial charge in [0.2, 0.25) is 0 Å². The Balaban J connectivity index is 0.000000116. The van der Waals surface area contributed by atoms with E-state index in [1.807, 2.05) is 146 Å². The zero-order chi connectivity index (χ0) is 93.6. The van der Waals surface area contributed by atoms with Crippen molar-refractivity contribution in [2.45, 2.75) is 106 Å². The number of hydrogen-bond acceptors (Lipinski definition) is 22. The minimum absolute atomic E-state index is 0.0667. The molecule has 0 bridgehead atoms. The van der Waals surface area contributed by atoms with Gasteiger partial charge in [0.05, 0.1) is 44.1 Å². The van der Waals surface area contributed by atoms with Gasteiger partial charge in [0, 0.05) is 103 Å². The molecule has 14 aromatic rings. The van der Waals surface area contributed by atoms with Crippen molar-refractivity contribution < 1.29 is 84.5 Å². The van der Waals surface area contributed by atoms with E-state index in [4.69, 9.17) is 87.6 Å². The maximum atomic E-state index is 13.9. The molecule has 0 radical (unpaired) electrons. The van der Waals surface area contributed by atoms with E-state index in [1.54, 1.807) is 127 Å². The van der Waals surface area contributed by atoms with E-state index in [1.165, 1.54) is 43.2 Å². The number of aliphatic hydroxyl groups excluding tert-OH is 4. The molecule has 0 spiro atoms. The second-order valence-corrected chi connectivity index (χ2v) is 39.3. The van der Waals surface area contributed by atoms with E-state index in [9.17, 15) is 55.5 Å². The molecule has 8 aromatic carbocycles. The number of nitrogens with zero attached hydrogens (tertiary/aromatic N) is 6. The average Bonchev–Trinajstić information content (AvgIpc) is 1.51. The van der Waals surface area contributed by atoms with E-state index >= 15 is 0 Å². The Morgan fingerprint density at radius 2 is 0.662 bits per heavy atom. The Bertz CT molecular complexity index is 6730. The maximum absolute atomic E-state index is 13.9. The fourth-order valence-electron chi connectivity index (χ4n) is 20.8. The monoisotopic (exact) mass is 2150 g/mol. The van der Waals surface area contributed by atoms with Crippen molar-refractivity contribution in [3.8, 4) is 23.0 Å². The van der Waals surface area contributed by atoms with Crippen LogP contribution in [0.15, 0.2) is 334 Å². The van der Waals surface area contributed by atoms with Crippen molar-refractivity contribution in [3.63, 3.8) is 0 Å². The molecule has 4 saturated carbocycles. The minimum atomic E-state index is -2.14. The van der Waals surface area contributed by atoms with E-state index in [2.05, 4.69) is 95.9 Å². The maximum Gasteiger partial charge on any atom is 0.339 e. The first-order chi connectivity index (χ1) is 63.8. The number of ether oxygens (including phenoxy) is 4. The van der Waals surface area contributed by atoms with Crippen molar-refractivity contribution in [3.05, 3.63) is 431 Å². The fraction of sp³-hybridized carbons (Fsp3) is 0.200. The highest BCUT2D eigenvalue weighted by Gasteiger charge is 2.81. The highest BCUT2D eigenvalue weighted by molar-refractivity contribution is 9.11. The third-order valence-corrected chi connectivity index (χ3v) is 29.8. The van der Waals surface area contributed by atoms with Gasteiger partial charge in [-0.3, -0.25) is 24.7 Å². The lowest BCUT2D eigenvalue weighted by Crippen LogP contribution is -2.52. The number of fused-ring (bicyclic) bond motifs is 12. The average molecular weight is 2160 g/mol. The zero-order valence-electron chi connectivity index (χ0n) is 69.1. The van der Waals surface area contributed by atoms with Gasteiger partial charge in [0.25, 0.3) is 0 Å². The number of aliphatic hydroxyl groups is 8. The van der Waals surface area contributed by atoms with Crippen LogP contribution in [-0.4, -0.2) is 117 Å². The molecule has 0 saturated heterocycles. The Hall–Kier alpha value is -10.2. The molecule has 33 heteroatoms. The van der Waals surface area contributed by atoms with Gasteiger partial charge in [-0.1, -0.05) is 317 Å². The van der Waals surface area contributed by atoms with Gasteiger partial charge in [0.1, 0.15) is 67.3 Å². The van der Waals surface area contributed by atoms with Gasteiger partial charge < -0.3 is 75.0 Å². The van der Waals surface area contributed by atoms with Crippen molar-refractivity contribution in [1.29, 1.82) is 0 Å². The normalized spacial score (nSPS) is 28.5. The molecule has 0 amide bonds. The molecular formula is C100H76Br4Cl4N6O17S2. The summed E-state index contributed by atoms with van der Waals surface area (Å²) < 4.78 is 32.2. The van der Waals surface area contributed by atoms with Gasteiger partial charge in [-0.25, -0.2) is 4.79 Å². The topological polar surface area (TPSA) is 344 Å². The molecule has 23 nitrogen and oxygen atoms in total. The van der Waals surface area contributed by atoms with Crippen LogP contribution in [0, 0.1) is 21.1 Å². The second-order valence-electron chi connectivity index (χ2n) is 33.1. The summed E-state index contributed by atoms with van der Waals surface area (Å²) in [6.45, 7) is 0. The van der Waals surface area contributed by atoms with Crippen molar-refractivity contribution in [2.75, 3.05) is 0 Å². The van der Waals surface area contributed by atoms with Crippen LogP contribution >= 0.6 is 135 Å². The first-order valence-corrected chi connectivity index (χ1v) is 47.1. The van der Waals surface area contributed by atoms with Crippen LogP contribution in [0.3, 0.4) is 0 Å². The lowest BCUT2D eigenvalue weighted by molar-refractivity contribution is -0.164. The summed E-state index contributed by atoms with van der Waals surface area (Å²) >= 11 is 48.4. The van der Waals surface area contributed by atoms with Crippen LogP contribution in [0.5, 0.6) is 23.0 Å². The lowest BCUT2D eigenvalue weighted by Gasteiger charge is -2.40. The zero-order valence-corrected chi connectivity index (χ0v) is 80.1. The van der Waals surface area contributed by atoms with Crippen molar-refractivity contribution in [2.24, 2.45) is 11.8 Å². The predicted octanol–water partition coefficient (Wildman–Crippen LogP) is 19.3. The smallest absolute Gasteiger partial charge is 0.339 e. The summed E-state index contributed by atoms with van der Waals surface area (Å²) in [5.74, 6) is -5.77. The van der Waals surface area contributed by atoms with Gasteiger partial charge in [-0.15, -0.1) is 0 Å². The van der Waals surface area contributed by atoms with Crippen molar-refractivity contribution in [1.82, 2.24) is 29.4 Å². The number of rotatable bonds is 11. The molecule has 22 rings (SSSR count). The second kappa shape index (κ2) is 36.5. The highest BCUT2D eigenvalue weighted by atomic mass is 79.9. The van der Waals surface area contributed by atoms with E-state index in [0.717, 1.165) is 49.6 Å². The van der Waals surface area contributed by atoms with Crippen molar-refractivity contribution >= 4 is 146 Å². The summed E-state index contributed by atoms with van der Waals surface area (Å²) in [4.78, 5) is 49.3. The number of hydrogen-bond donors (Lipinski definition) is 10. The molecule has 4 aliphatic carbocycles. The Labute approximate surface area is 824 Å². The summed E-state index contributed by atoms with van der Waals surface area (Å²) in [6, 6.07) is 83.7. The number of aromatic nitrogens is 6. The molecule has 4 fully saturated rings. The molecule has 8 aliphatic rings. The Kier molecular flexibility index (Phi) is 25.6. The molecule has 676 valence electrons. The number of aliphatic carboxylic acids is 1. The third-order valence-electron chi connectivity index (χ3n) is 26.2. The van der Waals surface area contributed by atoms with Gasteiger partial charge in [-0.05, 0) is 130 Å². The molecule has 6 aromatic heterocycles. The Morgan fingerprint density at radius 3 is 0.977 bits per heavy atom. The molecule has 133 heavy (non-hydrogen) atoms. The number of pyridine rings is 6. The molecule has 18 atom stereocenters. The van der Waals surface area contributed by atoms with Crippen LogP contribution in [0.1, 0.15) is 104 Å². The first-order valence-electron chi connectivity index (χ1n) is 41.6. The van der Waals surface area contributed by atoms with Crippen LogP contribution in [0.25, 0.3) is 0 Å². The quantitative estimate of drug-likeness (QED) is 0.0425. The van der Waals surface area contributed by atoms with Crippen LogP contribution in [0.2, 0.25) is 20.1 Å². The lowest BCUT2D eigenvalue weighted by atomic mass is 9.71. The van der Waals surface area contributed by atoms with Gasteiger partial charge >= 0.3 is 11.9 Å². The predicted molar refractivity (Wildman–Crippen MR) is 512 cm³/mol. The highest BCUT2D eigenvalue weighted by Crippen LogP contribution is 2.72. The molecule has 4 aliphatic heterocycles. The van der Waals surface area contributed by atoms with E-state index < -0.39 is 105 Å². The van der Waals surface area contributed by atoms with Gasteiger partial charge in [-0.2, -0.15) is 9.46 Å². The number of benzene rings is 8. The SMILES string of the molecule is O=C(O)[C@H]1[C@@H](O)[C@@]2(O)c3ncc(Cl)cc3O[C@@]2(c2ccc(Br)cc2)[C@@H]1c1ccccc1.O=C(On1ccccc1=S)[C@H]1[C@@H](O)[C@@]2(O)c3ncc(Cl)cc3O[C@@]2(c2ccc(Br)cc2)[C@@H]1c1ccccc1.O[C@@H]1C[C@@H](c2ccccc2)[C@]2(c3ccc(Br)cc3)Oc3cc(Cl)cnc3[C@]12O.O[C@@H]1C[C@@H](c2ccccc2)[C@]2(c3ccc(Br)cc3)Oc3cc(Cl)cnc3[C@]12O.On1ccccc1=S. The molecule has 10 heterocycles. The summed E-state index contributed by atoms with van der Waals surface area (Å²) in [5.41, 5.74) is -6.71. The number of carboxylic acids is 1. The largest absolute Gasteiger partial charge is 0.481 e.